The molecule has 0 spiro atoms. The number of benzene rings is 2. The summed E-state index contributed by atoms with van der Waals surface area (Å²) in [5.74, 6) is 0.476. The third kappa shape index (κ3) is 4.53. The van der Waals surface area contributed by atoms with Crippen molar-refractivity contribution >= 4 is 11.7 Å². The highest BCUT2D eigenvalue weighted by Gasteiger charge is 2.17. The van der Waals surface area contributed by atoms with Gasteiger partial charge in [0.15, 0.2) is 6.61 Å². The Kier molecular flexibility index (Phi) is 5.83. The van der Waals surface area contributed by atoms with E-state index >= 15 is 0 Å². The minimum absolute atomic E-state index is 0.0260. The minimum atomic E-state index is -0.482. The summed E-state index contributed by atoms with van der Waals surface area (Å²) in [4.78, 5) is 22.5. The Bertz CT molecular complexity index is 1020. The molecule has 0 aliphatic heterocycles. The van der Waals surface area contributed by atoms with E-state index in [0.29, 0.717) is 17.0 Å². The molecule has 1 aromatic heterocycles. The van der Waals surface area contributed by atoms with Gasteiger partial charge in [0.2, 0.25) is 5.89 Å². The molecule has 1 heterocycles. The molecule has 1 saturated carbocycles. The van der Waals surface area contributed by atoms with Gasteiger partial charge in [-0.1, -0.05) is 31.4 Å². The average Bonchev–Trinajstić information content (AvgIpc) is 3.27. The fraction of sp³-hybridized carbons (Fsp3) is 0.318. The molecule has 0 N–H and O–H groups in total. The molecule has 2 aromatic carbocycles. The van der Waals surface area contributed by atoms with Gasteiger partial charge in [-0.3, -0.25) is 10.1 Å². The zero-order valence-electron chi connectivity index (χ0n) is 16.3. The number of carbonyl (C=O) groups is 1. The van der Waals surface area contributed by atoms with Crippen molar-refractivity contribution in [3.05, 3.63) is 75.7 Å². The van der Waals surface area contributed by atoms with Crippen LogP contribution < -0.4 is 0 Å². The topological polar surface area (TPSA) is 108 Å². The van der Waals surface area contributed by atoms with Crippen molar-refractivity contribution in [2.45, 2.75) is 44.6 Å². The number of carbonyl (C=O) groups excluding carboxylic acids is 1. The predicted molar refractivity (Wildman–Crippen MR) is 108 cm³/mol. The number of aromatic nitrogens is 2. The van der Waals surface area contributed by atoms with E-state index in [9.17, 15) is 14.9 Å². The highest BCUT2D eigenvalue weighted by molar-refractivity contribution is 5.89. The summed E-state index contributed by atoms with van der Waals surface area (Å²) in [5.41, 5.74) is 2.27. The van der Waals surface area contributed by atoms with E-state index in [1.807, 2.05) is 12.1 Å². The predicted octanol–water partition coefficient (Wildman–Crippen LogP) is 5.05. The number of hydrogen-bond acceptors (Lipinski definition) is 7. The third-order valence-corrected chi connectivity index (χ3v) is 5.34. The molecule has 0 radical (unpaired) electrons. The van der Waals surface area contributed by atoms with Crippen LogP contribution in [0, 0.1) is 10.1 Å². The maximum absolute atomic E-state index is 12.3. The first-order valence-electron chi connectivity index (χ1n) is 9.94. The van der Waals surface area contributed by atoms with E-state index in [0.717, 1.165) is 0 Å². The van der Waals surface area contributed by atoms with Crippen LogP contribution in [0.25, 0.3) is 11.5 Å². The Morgan fingerprint density at radius 2 is 1.73 bits per heavy atom. The van der Waals surface area contributed by atoms with Crippen molar-refractivity contribution in [1.29, 1.82) is 0 Å². The van der Waals surface area contributed by atoms with E-state index in [4.69, 9.17) is 9.15 Å². The van der Waals surface area contributed by atoms with Gasteiger partial charge in [-0.15, -0.1) is 10.2 Å². The summed E-state index contributed by atoms with van der Waals surface area (Å²) < 4.78 is 10.8. The van der Waals surface area contributed by atoms with E-state index in [-0.39, 0.29) is 24.1 Å². The monoisotopic (exact) mass is 407 g/mol. The summed E-state index contributed by atoms with van der Waals surface area (Å²) in [6.07, 6.45) is 6.25. The Morgan fingerprint density at radius 3 is 2.40 bits per heavy atom. The first-order chi connectivity index (χ1) is 14.6. The van der Waals surface area contributed by atoms with Gasteiger partial charge in [-0.2, -0.15) is 0 Å². The van der Waals surface area contributed by atoms with Crippen molar-refractivity contribution in [2.75, 3.05) is 0 Å². The number of hydrogen-bond donors (Lipinski definition) is 0. The molecule has 1 aliphatic carbocycles. The fourth-order valence-corrected chi connectivity index (χ4v) is 3.69. The molecule has 8 heteroatoms. The lowest BCUT2D eigenvalue weighted by Gasteiger charge is -2.21. The van der Waals surface area contributed by atoms with Gasteiger partial charge in [0.25, 0.3) is 11.6 Å². The molecule has 1 fully saturated rings. The first kappa shape index (κ1) is 19.8. The van der Waals surface area contributed by atoms with Crippen molar-refractivity contribution in [1.82, 2.24) is 10.2 Å². The smallest absolute Gasteiger partial charge is 0.338 e. The van der Waals surface area contributed by atoms with E-state index in [1.54, 1.807) is 12.1 Å². The van der Waals surface area contributed by atoms with Crippen molar-refractivity contribution in [2.24, 2.45) is 0 Å². The normalized spacial score (nSPS) is 14.4. The van der Waals surface area contributed by atoms with Crippen LogP contribution in [0.5, 0.6) is 0 Å². The molecule has 3 aromatic rings. The summed E-state index contributed by atoms with van der Waals surface area (Å²) in [5, 5.41) is 18.5. The minimum Gasteiger partial charge on any atom is -0.452 e. The maximum atomic E-state index is 12.3. The summed E-state index contributed by atoms with van der Waals surface area (Å²) in [6, 6.07) is 13.4. The van der Waals surface area contributed by atoms with Crippen LogP contribution >= 0.6 is 0 Å². The van der Waals surface area contributed by atoms with Crippen LogP contribution in [-0.2, 0) is 11.3 Å². The van der Waals surface area contributed by atoms with Crippen LogP contribution in [0.4, 0.5) is 5.69 Å². The zero-order valence-corrected chi connectivity index (χ0v) is 16.3. The third-order valence-electron chi connectivity index (χ3n) is 5.34. The second-order valence-electron chi connectivity index (χ2n) is 7.34. The molecule has 4 rings (SSSR count). The Morgan fingerprint density at radius 1 is 1.03 bits per heavy atom. The SMILES string of the molecule is O=C(OCc1nnc(-c2ccc([N+](=O)[O-])cc2)o1)c1ccc(C2CCCCC2)cc1. The second-order valence-corrected chi connectivity index (χ2v) is 7.34. The number of esters is 1. The molecule has 1 aliphatic rings. The number of non-ortho nitro benzene ring substituents is 1. The van der Waals surface area contributed by atoms with Crippen LogP contribution in [0.3, 0.4) is 0 Å². The van der Waals surface area contributed by atoms with Gasteiger partial charge in [0.05, 0.1) is 10.5 Å². The molecule has 30 heavy (non-hydrogen) atoms. The molecular formula is C22H21N3O5. The van der Waals surface area contributed by atoms with Gasteiger partial charge in [-0.25, -0.2) is 4.79 Å². The highest BCUT2D eigenvalue weighted by atomic mass is 16.6. The van der Waals surface area contributed by atoms with Crippen molar-refractivity contribution in [3.63, 3.8) is 0 Å². The summed E-state index contributed by atoms with van der Waals surface area (Å²) in [6.45, 7) is -0.150. The van der Waals surface area contributed by atoms with Crippen molar-refractivity contribution in [3.8, 4) is 11.5 Å². The fourth-order valence-electron chi connectivity index (χ4n) is 3.69. The molecular weight excluding hydrogens is 386 g/mol. The number of ether oxygens (including phenoxy) is 1. The quantitative estimate of drug-likeness (QED) is 0.319. The van der Waals surface area contributed by atoms with Crippen LogP contribution in [0.15, 0.2) is 52.9 Å². The second kappa shape index (κ2) is 8.86. The van der Waals surface area contributed by atoms with Crippen LogP contribution in [0.1, 0.15) is 59.8 Å². The Balaban J connectivity index is 1.34. The lowest BCUT2D eigenvalue weighted by atomic mass is 9.84. The lowest BCUT2D eigenvalue weighted by molar-refractivity contribution is -0.384. The maximum Gasteiger partial charge on any atom is 0.338 e. The van der Waals surface area contributed by atoms with Gasteiger partial charge in [0, 0.05) is 17.7 Å². The number of rotatable bonds is 6. The van der Waals surface area contributed by atoms with Gasteiger partial charge in [0.1, 0.15) is 0 Å². The molecule has 0 saturated heterocycles. The molecule has 0 amide bonds. The summed E-state index contributed by atoms with van der Waals surface area (Å²) in [7, 11) is 0. The van der Waals surface area contributed by atoms with Crippen LogP contribution in [-0.4, -0.2) is 21.1 Å². The van der Waals surface area contributed by atoms with Gasteiger partial charge >= 0.3 is 5.97 Å². The summed E-state index contributed by atoms with van der Waals surface area (Å²) >= 11 is 0. The van der Waals surface area contributed by atoms with Gasteiger partial charge < -0.3 is 9.15 Å². The van der Waals surface area contributed by atoms with E-state index in [1.165, 1.54) is 61.9 Å². The zero-order chi connectivity index (χ0) is 20.9. The molecule has 154 valence electrons. The number of nitro groups is 1. The van der Waals surface area contributed by atoms with Gasteiger partial charge in [-0.05, 0) is 48.6 Å². The highest BCUT2D eigenvalue weighted by Crippen LogP contribution is 2.32. The molecule has 0 unspecified atom stereocenters. The number of nitro benzene ring substituents is 1. The molecule has 8 nitrogen and oxygen atoms in total. The molecule has 0 atom stereocenters. The number of nitrogens with zero attached hydrogens (tertiary/aromatic N) is 3. The standard InChI is InChI=1S/C22H21N3O5/c26-22(18-8-6-16(7-9-18)15-4-2-1-3-5-15)29-14-20-23-24-21(30-20)17-10-12-19(13-11-17)25(27)28/h6-13,15H,1-5,14H2. The average molecular weight is 407 g/mol. The van der Waals surface area contributed by atoms with E-state index < -0.39 is 10.9 Å². The Labute approximate surface area is 173 Å². The Hall–Kier alpha value is -3.55. The van der Waals surface area contributed by atoms with Crippen LogP contribution in [0.2, 0.25) is 0 Å². The lowest BCUT2D eigenvalue weighted by Crippen LogP contribution is -2.07. The largest absolute Gasteiger partial charge is 0.452 e. The van der Waals surface area contributed by atoms with E-state index in [2.05, 4.69) is 10.2 Å². The first-order valence-corrected chi connectivity index (χ1v) is 9.94. The van der Waals surface area contributed by atoms with Crippen molar-refractivity contribution < 1.29 is 18.9 Å². The molecule has 0 bridgehead atoms.